The number of benzene rings is 1. The summed E-state index contributed by atoms with van der Waals surface area (Å²) >= 11 is 0. The molecule has 1 unspecified atom stereocenters. The zero-order chi connectivity index (χ0) is 14.5. The number of nitrogens with two attached hydrogens (primary N) is 1. The average Bonchev–Trinajstić information content (AvgIpc) is 2.46. The van der Waals surface area contributed by atoms with E-state index in [4.69, 9.17) is 10.9 Å². The van der Waals surface area contributed by atoms with E-state index in [-0.39, 0.29) is 17.8 Å². The van der Waals surface area contributed by atoms with Crippen LogP contribution in [0.2, 0.25) is 0 Å². The number of amidine groups is 1. The van der Waals surface area contributed by atoms with Crippen LogP contribution in [0.3, 0.4) is 0 Å². The summed E-state index contributed by atoms with van der Waals surface area (Å²) in [5, 5.41) is 17.5. The lowest BCUT2D eigenvalue weighted by Gasteiger charge is -2.23. The van der Waals surface area contributed by atoms with Gasteiger partial charge in [-0.1, -0.05) is 11.2 Å². The summed E-state index contributed by atoms with van der Waals surface area (Å²) in [6, 6.07) is 3.78. The van der Waals surface area contributed by atoms with Gasteiger partial charge in [0.1, 0.15) is 5.82 Å². The van der Waals surface area contributed by atoms with Gasteiger partial charge in [-0.2, -0.15) is 0 Å². The molecule has 0 aliphatic carbocycles. The zero-order valence-corrected chi connectivity index (χ0v) is 10.9. The van der Waals surface area contributed by atoms with Crippen LogP contribution in [0.1, 0.15) is 24.0 Å². The summed E-state index contributed by atoms with van der Waals surface area (Å²) in [6.45, 7) is 1.03. The fourth-order valence-corrected chi connectivity index (χ4v) is 2.20. The van der Waals surface area contributed by atoms with Gasteiger partial charge in [-0.05, 0) is 30.5 Å². The second-order valence-electron chi connectivity index (χ2n) is 4.65. The molecule has 0 spiro atoms. The van der Waals surface area contributed by atoms with E-state index >= 15 is 0 Å². The van der Waals surface area contributed by atoms with Crippen molar-refractivity contribution in [2.75, 3.05) is 6.54 Å². The molecule has 0 aromatic heterocycles. The first-order valence-electron chi connectivity index (χ1n) is 6.39. The Morgan fingerprint density at radius 3 is 3.10 bits per heavy atom. The molecule has 1 aliphatic rings. The number of carbonyl (C=O) groups excluding carboxylic acids is 1. The summed E-state index contributed by atoms with van der Waals surface area (Å²) in [5.41, 5.74) is 6.51. The van der Waals surface area contributed by atoms with Crippen LogP contribution in [0.25, 0.3) is 0 Å². The van der Waals surface area contributed by atoms with Crippen molar-refractivity contribution in [2.24, 2.45) is 10.9 Å². The van der Waals surface area contributed by atoms with Gasteiger partial charge in [-0.15, -0.1) is 0 Å². The van der Waals surface area contributed by atoms with Crippen LogP contribution in [0.4, 0.5) is 4.39 Å². The summed E-state index contributed by atoms with van der Waals surface area (Å²) in [4.78, 5) is 11.6. The van der Waals surface area contributed by atoms with E-state index in [1.54, 1.807) is 6.07 Å². The number of oxime groups is 1. The van der Waals surface area contributed by atoms with Crippen molar-refractivity contribution < 1.29 is 14.4 Å². The molecule has 0 bridgehead atoms. The minimum absolute atomic E-state index is 0.0382. The molecular formula is C13H17FN4O2. The first-order chi connectivity index (χ1) is 9.61. The molecule has 1 atom stereocenters. The average molecular weight is 280 g/mol. The Labute approximate surface area is 115 Å². The highest BCUT2D eigenvalue weighted by Gasteiger charge is 2.21. The predicted octanol–water partition coefficient (Wildman–Crippen LogP) is 0.288. The van der Waals surface area contributed by atoms with Crippen molar-refractivity contribution in [1.29, 1.82) is 0 Å². The van der Waals surface area contributed by atoms with Crippen molar-refractivity contribution >= 4 is 11.7 Å². The van der Waals surface area contributed by atoms with E-state index in [1.165, 1.54) is 12.1 Å². The molecule has 0 radical (unpaired) electrons. The Balaban J connectivity index is 2.11. The molecule has 6 nitrogen and oxygen atoms in total. The van der Waals surface area contributed by atoms with Crippen molar-refractivity contribution in [3.63, 3.8) is 0 Å². The maximum atomic E-state index is 13.2. The van der Waals surface area contributed by atoms with Crippen LogP contribution in [0, 0.1) is 5.82 Å². The minimum Gasteiger partial charge on any atom is -0.409 e. The Hall–Kier alpha value is -2.15. The first-order valence-corrected chi connectivity index (χ1v) is 6.39. The van der Waals surface area contributed by atoms with E-state index in [1.807, 2.05) is 0 Å². The van der Waals surface area contributed by atoms with Crippen molar-refractivity contribution in [2.45, 2.75) is 25.4 Å². The van der Waals surface area contributed by atoms with E-state index in [0.717, 1.165) is 12.8 Å². The molecule has 2 rings (SSSR count). The Bertz CT molecular complexity index is 533. The molecule has 1 saturated heterocycles. The number of amides is 1. The van der Waals surface area contributed by atoms with Gasteiger partial charge in [-0.25, -0.2) is 4.39 Å². The number of hydrogen-bond donors (Lipinski definition) is 4. The third-order valence-corrected chi connectivity index (χ3v) is 3.28. The second-order valence-corrected chi connectivity index (χ2v) is 4.65. The Morgan fingerprint density at radius 1 is 1.60 bits per heavy atom. The summed E-state index contributed by atoms with van der Waals surface area (Å²) in [5.74, 6) is -0.663. The van der Waals surface area contributed by atoms with Gasteiger partial charge in [0, 0.05) is 18.7 Å². The molecule has 1 amide bonds. The van der Waals surface area contributed by atoms with E-state index in [9.17, 15) is 9.18 Å². The third-order valence-electron chi connectivity index (χ3n) is 3.28. The molecule has 0 saturated carbocycles. The largest absolute Gasteiger partial charge is 0.409 e. The molecule has 20 heavy (non-hydrogen) atoms. The van der Waals surface area contributed by atoms with Crippen LogP contribution in [0.15, 0.2) is 23.4 Å². The second kappa shape index (κ2) is 6.33. The quantitative estimate of drug-likeness (QED) is 0.276. The van der Waals surface area contributed by atoms with Crippen molar-refractivity contribution in [3.8, 4) is 0 Å². The Morgan fingerprint density at radius 2 is 2.40 bits per heavy atom. The topological polar surface area (TPSA) is 99.7 Å². The maximum absolute atomic E-state index is 13.2. The van der Waals surface area contributed by atoms with Gasteiger partial charge in [0.25, 0.3) is 0 Å². The van der Waals surface area contributed by atoms with Crippen LogP contribution >= 0.6 is 0 Å². The van der Waals surface area contributed by atoms with Crippen LogP contribution in [-0.2, 0) is 11.3 Å². The molecule has 108 valence electrons. The highest BCUT2D eigenvalue weighted by atomic mass is 19.1. The standard InChI is InChI=1S/C13H17FN4O2/c14-9-4-3-8(10(6-9)12(15)18-20)7-17-11-2-1-5-16-13(11)19/h3-4,6,11,17,20H,1-2,5,7H2,(H2,15,18)(H,16,19). The lowest BCUT2D eigenvalue weighted by Crippen LogP contribution is -2.48. The number of nitrogens with zero attached hydrogens (tertiary/aromatic N) is 1. The van der Waals surface area contributed by atoms with Gasteiger partial charge in [0.05, 0.1) is 6.04 Å². The molecule has 1 aromatic carbocycles. The summed E-state index contributed by atoms with van der Waals surface area (Å²) in [6.07, 6.45) is 1.67. The number of rotatable bonds is 4. The predicted molar refractivity (Wildman–Crippen MR) is 71.8 cm³/mol. The highest BCUT2D eigenvalue weighted by Crippen LogP contribution is 2.12. The first kappa shape index (κ1) is 14.3. The molecule has 5 N–H and O–H groups in total. The summed E-state index contributed by atoms with van der Waals surface area (Å²) in [7, 11) is 0. The lowest BCUT2D eigenvalue weighted by atomic mass is 10.0. The van der Waals surface area contributed by atoms with Gasteiger partial charge < -0.3 is 21.6 Å². The number of halogens is 1. The molecule has 1 fully saturated rings. The van der Waals surface area contributed by atoms with Gasteiger partial charge in [0.15, 0.2) is 5.84 Å². The van der Waals surface area contributed by atoms with Crippen molar-refractivity contribution in [1.82, 2.24) is 10.6 Å². The lowest BCUT2D eigenvalue weighted by molar-refractivity contribution is -0.124. The molecule has 1 aliphatic heterocycles. The smallest absolute Gasteiger partial charge is 0.237 e. The van der Waals surface area contributed by atoms with E-state index in [0.29, 0.717) is 24.2 Å². The SMILES string of the molecule is NC(=NO)c1cc(F)ccc1CNC1CCCNC1=O. The summed E-state index contributed by atoms with van der Waals surface area (Å²) < 4.78 is 13.2. The van der Waals surface area contributed by atoms with Crippen LogP contribution < -0.4 is 16.4 Å². The number of piperidine rings is 1. The normalized spacial score (nSPS) is 19.8. The number of nitrogens with one attached hydrogen (secondary N) is 2. The van der Waals surface area contributed by atoms with Gasteiger partial charge >= 0.3 is 0 Å². The van der Waals surface area contributed by atoms with E-state index in [2.05, 4.69) is 15.8 Å². The van der Waals surface area contributed by atoms with Gasteiger partial charge in [-0.3, -0.25) is 4.79 Å². The molecule has 1 heterocycles. The number of carbonyl (C=O) groups is 1. The third kappa shape index (κ3) is 3.24. The fraction of sp³-hybridized carbons (Fsp3) is 0.385. The minimum atomic E-state index is -0.467. The molecule has 1 aromatic rings. The highest BCUT2D eigenvalue weighted by molar-refractivity contribution is 5.98. The van der Waals surface area contributed by atoms with Crippen molar-refractivity contribution in [3.05, 3.63) is 35.1 Å². The maximum Gasteiger partial charge on any atom is 0.237 e. The van der Waals surface area contributed by atoms with E-state index < -0.39 is 5.82 Å². The Kier molecular flexibility index (Phi) is 4.52. The molecule has 7 heteroatoms. The fourth-order valence-electron chi connectivity index (χ4n) is 2.20. The molecular weight excluding hydrogens is 263 g/mol. The zero-order valence-electron chi connectivity index (χ0n) is 10.9. The van der Waals surface area contributed by atoms with Crippen LogP contribution in [0.5, 0.6) is 0 Å². The monoisotopic (exact) mass is 280 g/mol. The van der Waals surface area contributed by atoms with Gasteiger partial charge in [0.2, 0.25) is 5.91 Å². The van der Waals surface area contributed by atoms with Crippen LogP contribution in [-0.4, -0.2) is 29.5 Å². The number of hydrogen-bond acceptors (Lipinski definition) is 4.